The smallest absolute Gasteiger partial charge is 0.00642 e. The summed E-state index contributed by atoms with van der Waals surface area (Å²) >= 11 is 0. The van der Waals surface area contributed by atoms with Crippen molar-refractivity contribution in [2.75, 3.05) is 0 Å². The third-order valence-corrected chi connectivity index (χ3v) is 2.37. The summed E-state index contributed by atoms with van der Waals surface area (Å²) in [6.45, 7) is 13.6. The van der Waals surface area contributed by atoms with Gasteiger partial charge in [0, 0.05) is 12.1 Å². The molecule has 0 unspecified atom stereocenters. The van der Waals surface area contributed by atoms with Crippen molar-refractivity contribution in [3.63, 3.8) is 0 Å². The average Bonchev–Trinajstić information content (AvgIpc) is 1.84. The van der Waals surface area contributed by atoms with Gasteiger partial charge in [0.25, 0.3) is 0 Å². The van der Waals surface area contributed by atoms with E-state index in [0.29, 0.717) is 12.1 Å². The summed E-state index contributed by atoms with van der Waals surface area (Å²) < 4.78 is 0. The van der Waals surface area contributed by atoms with Crippen LogP contribution in [0.4, 0.5) is 0 Å². The van der Waals surface area contributed by atoms with E-state index < -0.39 is 0 Å². The molecule has 0 rings (SSSR count). The molecule has 0 bridgehead atoms. The minimum absolute atomic E-state index is 0.638. The monoisotopic (exact) mass is 171 g/mol. The Kier molecular flexibility index (Phi) is 5.56. The summed E-state index contributed by atoms with van der Waals surface area (Å²) in [4.78, 5) is 0. The molecule has 0 spiro atoms. The van der Waals surface area contributed by atoms with Gasteiger partial charge < -0.3 is 5.32 Å². The van der Waals surface area contributed by atoms with E-state index in [1.807, 2.05) is 0 Å². The van der Waals surface area contributed by atoms with Crippen molar-refractivity contribution in [2.24, 2.45) is 11.8 Å². The molecular weight excluding hydrogens is 146 g/mol. The Balaban J connectivity index is 3.61. The molecule has 2 atom stereocenters. The number of rotatable bonds is 5. The van der Waals surface area contributed by atoms with E-state index in [9.17, 15) is 0 Å². The van der Waals surface area contributed by atoms with Gasteiger partial charge >= 0.3 is 0 Å². The Labute approximate surface area is 77.9 Å². The molecule has 0 heterocycles. The lowest BCUT2D eigenvalue weighted by atomic mass is 10.0. The predicted molar refractivity (Wildman–Crippen MR) is 56.4 cm³/mol. The van der Waals surface area contributed by atoms with Crippen LogP contribution in [0.2, 0.25) is 0 Å². The van der Waals surface area contributed by atoms with E-state index in [4.69, 9.17) is 0 Å². The fraction of sp³-hybridized carbons (Fsp3) is 1.00. The third kappa shape index (κ3) is 5.59. The SMILES string of the molecule is CC(C)C[C@H](C)N[C@@H](C)C(C)C. The maximum atomic E-state index is 3.61. The first-order valence-electron chi connectivity index (χ1n) is 5.19. The summed E-state index contributed by atoms with van der Waals surface area (Å²) in [5.74, 6) is 1.53. The molecule has 0 aromatic rings. The van der Waals surface area contributed by atoms with Crippen LogP contribution in [0.3, 0.4) is 0 Å². The number of hydrogen-bond donors (Lipinski definition) is 1. The average molecular weight is 171 g/mol. The molecule has 0 aliphatic rings. The molecule has 74 valence electrons. The summed E-state index contributed by atoms with van der Waals surface area (Å²) in [6.07, 6.45) is 1.27. The van der Waals surface area contributed by atoms with Gasteiger partial charge in [0.2, 0.25) is 0 Å². The molecule has 0 saturated carbocycles. The van der Waals surface area contributed by atoms with Gasteiger partial charge in [-0.15, -0.1) is 0 Å². The van der Waals surface area contributed by atoms with Crippen LogP contribution in [0.5, 0.6) is 0 Å². The minimum Gasteiger partial charge on any atom is -0.312 e. The largest absolute Gasteiger partial charge is 0.312 e. The number of nitrogens with one attached hydrogen (secondary N) is 1. The van der Waals surface area contributed by atoms with E-state index in [-0.39, 0.29) is 0 Å². The Morgan fingerprint density at radius 1 is 0.917 bits per heavy atom. The molecule has 0 aliphatic carbocycles. The highest BCUT2D eigenvalue weighted by Crippen LogP contribution is 2.07. The van der Waals surface area contributed by atoms with Crippen LogP contribution in [-0.4, -0.2) is 12.1 Å². The van der Waals surface area contributed by atoms with Gasteiger partial charge in [-0.1, -0.05) is 27.7 Å². The van der Waals surface area contributed by atoms with Gasteiger partial charge in [-0.05, 0) is 32.1 Å². The van der Waals surface area contributed by atoms with Crippen molar-refractivity contribution in [1.82, 2.24) is 5.32 Å². The van der Waals surface area contributed by atoms with E-state index in [2.05, 4.69) is 46.9 Å². The van der Waals surface area contributed by atoms with Gasteiger partial charge in [0.05, 0.1) is 0 Å². The molecule has 1 nitrogen and oxygen atoms in total. The molecule has 0 fully saturated rings. The highest BCUT2D eigenvalue weighted by Gasteiger charge is 2.11. The normalized spacial score (nSPS) is 17.0. The molecule has 0 amide bonds. The lowest BCUT2D eigenvalue weighted by Crippen LogP contribution is -2.38. The van der Waals surface area contributed by atoms with Gasteiger partial charge in [0.15, 0.2) is 0 Å². The maximum Gasteiger partial charge on any atom is 0.00642 e. The lowest BCUT2D eigenvalue weighted by Gasteiger charge is -2.23. The molecule has 1 N–H and O–H groups in total. The summed E-state index contributed by atoms with van der Waals surface area (Å²) in [5.41, 5.74) is 0. The minimum atomic E-state index is 0.638. The highest BCUT2D eigenvalue weighted by atomic mass is 14.9. The molecule has 1 heteroatoms. The van der Waals surface area contributed by atoms with Crippen molar-refractivity contribution in [2.45, 2.75) is 60.0 Å². The van der Waals surface area contributed by atoms with Gasteiger partial charge in [-0.2, -0.15) is 0 Å². The van der Waals surface area contributed by atoms with E-state index in [1.165, 1.54) is 6.42 Å². The van der Waals surface area contributed by atoms with E-state index in [1.54, 1.807) is 0 Å². The first-order valence-corrected chi connectivity index (χ1v) is 5.19. The second-order valence-electron chi connectivity index (χ2n) is 4.73. The Hall–Kier alpha value is -0.0400. The Bertz CT molecular complexity index is 108. The summed E-state index contributed by atoms with van der Waals surface area (Å²) in [7, 11) is 0. The highest BCUT2D eigenvalue weighted by molar-refractivity contribution is 4.70. The Morgan fingerprint density at radius 2 is 1.42 bits per heavy atom. The van der Waals surface area contributed by atoms with E-state index >= 15 is 0 Å². The molecule has 0 aliphatic heterocycles. The maximum absolute atomic E-state index is 3.61. The van der Waals surface area contributed by atoms with Gasteiger partial charge in [0.1, 0.15) is 0 Å². The topological polar surface area (TPSA) is 12.0 Å². The fourth-order valence-corrected chi connectivity index (χ4v) is 1.42. The second kappa shape index (κ2) is 5.58. The molecule has 0 aromatic carbocycles. The van der Waals surface area contributed by atoms with Crippen molar-refractivity contribution >= 4 is 0 Å². The zero-order valence-corrected chi connectivity index (χ0v) is 9.52. The predicted octanol–water partition coefficient (Wildman–Crippen LogP) is 3.06. The van der Waals surface area contributed by atoms with Crippen molar-refractivity contribution in [1.29, 1.82) is 0 Å². The standard InChI is InChI=1S/C11H25N/c1-8(2)7-10(5)12-11(6)9(3)4/h8-12H,7H2,1-6H3/t10-,11-/m0/s1. The zero-order valence-electron chi connectivity index (χ0n) is 9.52. The summed E-state index contributed by atoms with van der Waals surface area (Å²) in [5, 5.41) is 3.61. The van der Waals surface area contributed by atoms with Crippen LogP contribution < -0.4 is 5.32 Å². The zero-order chi connectivity index (χ0) is 9.72. The second-order valence-corrected chi connectivity index (χ2v) is 4.73. The molecule has 0 aromatic heterocycles. The lowest BCUT2D eigenvalue weighted by molar-refractivity contribution is 0.350. The number of hydrogen-bond acceptors (Lipinski definition) is 1. The molecule has 0 radical (unpaired) electrons. The van der Waals surface area contributed by atoms with Crippen LogP contribution >= 0.6 is 0 Å². The van der Waals surface area contributed by atoms with E-state index in [0.717, 1.165) is 11.8 Å². The fourth-order valence-electron chi connectivity index (χ4n) is 1.42. The van der Waals surface area contributed by atoms with Crippen molar-refractivity contribution in [3.8, 4) is 0 Å². The van der Waals surface area contributed by atoms with Crippen LogP contribution in [0.1, 0.15) is 48.0 Å². The van der Waals surface area contributed by atoms with Crippen molar-refractivity contribution < 1.29 is 0 Å². The van der Waals surface area contributed by atoms with Crippen LogP contribution in [0, 0.1) is 11.8 Å². The first kappa shape index (κ1) is 12.0. The quantitative estimate of drug-likeness (QED) is 0.670. The van der Waals surface area contributed by atoms with Crippen LogP contribution in [0.25, 0.3) is 0 Å². The van der Waals surface area contributed by atoms with Crippen LogP contribution in [-0.2, 0) is 0 Å². The molecule has 0 saturated heterocycles. The van der Waals surface area contributed by atoms with Gasteiger partial charge in [-0.25, -0.2) is 0 Å². The summed E-state index contributed by atoms with van der Waals surface area (Å²) in [6, 6.07) is 1.29. The van der Waals surface area contributed by atoms with Gasteiger partial charge in [-0.3, -0.25) is 0 Å². The third-order valence-electron chi connectivity index (χ3n) is 2.37. The van der Waals surface area contributed by atoms with Crippen molar-refractivity contribution in [3.05, 3.63) is 0 Å². The van der Waals surface area contributed by atoms with Crippen LogP contribution in [0.15, 0.2) is 0 Å². The Morgan fingerprint density at radius 3 is 1.75 bits per heavy atom. The molecular formula is C11H25N. The first-order chi connectivity index (χ1) is 5.43. The molecule has 12 heavy (non-hydrogen) atoms.